The fraction of sp³-hybridized carbons (Fsp3) is 0.200. The van der Waals surface area contributed by atoms with Gasteiger partial charge in [-0.05, 0) is 6.42 Å². The van der Waals surface area contributed by atoms with Gasteiger partial charge in [0.15, 0.2) is 11.5 Å². The van der Waals surface area contributed by atoms with Crippen LogP contribution < -0.4 is 15.7 Å². The standard InChI is InChI=1S/C20H19N3O4S/c1-4-15-20(26)23(22-16-10-28-11-17(16)27-13(3)25)19(12(2)24)18(21-15)14-8-6-5-7-9-14/h5-11,22H,4H2,1-3H3. The van der Waals surface area contributed by atoms with Gasteiger partial charge in [0.1, 0.15) is 22.8 Å². The number of aromatic nitrogens is 2. The average molecular weight is 397 g/mol. The van der Waals surface area contributed by atoms with Gasteiger partial charge in [-0.1, -0.05) is 37.3 Å². The summed E-state index contributed by atoms with van der Waals surface area (Å²) in [6.07, 6.45) is 0.402. The molecule has 0 aliphatic carbocycles. The normalized spacial score (nSPS) is 10.5. The molecule has 144 valence electrons. The van der Waals surface area contributed by atoms with Crippen molar-refractivity contribution in [3.63, 3.8) is 0 Å². The highest BCUT2D eigenvalue weighted by atomic mass is 32.1. The number of hydrogen-bond acceptors (Lipinski definition) is 7. The summed E-state index contributed by atoms with van der Waals surface area (Å²) < 4.78 is 6.35. The lowest BCUT2D eigenvalue weighted by Crippen LogP contribution is -2.35. The number of benzene rings is 1. The van der Waals surface area contributed by atoms with Crippen molar-refractivity contribution in [2.75, 3.05) is 5.43 Å². The number of thiophene rings is 1. The van der Waals surface area contributed by atoms with Gasteiger partial charge < -0.3 is 4.74 Å². The Bertz CT molecular complexity index is 1090. The first kappa shape index (κ1) is 19.5. The van der Waals surface area contributed by atoms with E-state index in [-0.39, 0.29) is 17.2 Å². The molecule has 8 heteroatoms. The second-order valence-corrected chi connectivity index (χ2v) is 6.77. The van der Waals surface area contributed by atoms with E-state index in [4.69, 9.17) is 4.74 Å². The summed E-state index contributed by atoms with van der Waals surface area (Å²) in [6, 6.07) is 9.21. The third-order valence-corrected chi connectivity index (χ3v) is 4.69. The van der Waals surface area contributed by atoms with Crippen LogP contribution in [-0.2, 0) is 11.2 Å². The smallest absolute Gasteiger partial charge is 0.308 e. The van der Waals surface area contributed by atoms with Crippen LogP contribution in [0.1, 0.15) is 37.0 Å². The Hall–Kier alpha value is -3.26. The van der Waals surface area contributed by atoms with E-state index in [2.05, 4.69) is 10.4 Å². The highest BCUT2D eigenvalue weighted by molar-refractivity contribution is 7.08. The minimum atomic E-state index is -0.477. The molecule has 2 aromatic heterocycles. The fourth-order valence-electron chi connectivity index (χ4n) is 2.75. The summed E-state index contributed by atoms with van der Waals surface area (Å²) in [4.78, 5) is 41.2. The van der Waals surface area contributed by atoms with Crippen LogP contribution in [0.3, 0.4) is 0 Å². The Morgan fingerprint density at radius 1 is 1.18 bits per heavy atom. The van der Waals surface area contributed by atoms with E-state index >= 15 is 0 Å². The minimum absolute atomic E-state index is 0.133. The maximum Gasteiger partial charge on any atom is 0.308 e. The number of ether oxygens (including phenoxy) is 1. The molecule has 1 aromatic carbocycles. The van der Waals surface area contributed by atoms with Gasteiger partial charge in [0.25, 0.3) is 5.56 Å². The van der Waals surface area contributed by atoms with Crippen molar-refractivity contribution in [1.29, 1.82) is 0 Å². The van der Waals surface area contributed by atoms with Crippen molar-refractivity contribution < 1.29 is 14.3 Å². The lowest BCUT2D eigenvalue weighted by atomic mass is 10.1. The summed E-state index contributed by atoms with van der Waals surface area (Å²) in [6.45, 7) is 4.50. The molecule has 0 saturated heterocycles. The molecule has 0 unspecified atom stereocenters. The number of nitrogens with zero attached hydrogens (tertiary/aromatic N) is 2. The monoisotopic (exact) mass is 397 g/mol. The number of hydrogen-bond donors (Lipinski definition) is 1. The number of ketones is 1. The van der Waals surface area contributed by atoms with Crippen LogP contribution in [-0.4, -0.2) is 21.4 Å². The zero-order valence-electron chi connectivity index (χ0n) is 15.7. The summed E-state index contributed by atoms with van der Waals surface area (Å²) in [5.74, 6) is -0.507. The molecule has 0 atom stereocenters. The van der Waals surface area contributed by atoms with Gasteiger partial charge in [-0.25, -0.2) is 9.66 Å². The van der Waals surface area contributed by atoms with Crippen molar-refractivity contribution in [2.24, 2.45) is 0 Å². The summed E-state index contributed by atoms with van der Waals surface area (Å²) >= 11 is 1.30. The maximum absolute atomic E-state index is 12.9. The van der Waals surface area contributed by atoms with Gasteiger partial charge >= 0.3 is 5.97 Å². The maximum atomic E-state index is 12.9. The summed E-state index contributed by atoms with van der Waals surface area (Å²) in [5.41, 5.74) is 4.52. The Morgan fingerprint density at radius 2 is 1.89 bits per heavy atom. The molecule has 3 aromatic rings. The van der Waals surface area contributed by atoms with Crippen LogP contribution >= 0.6 is 11.3 Å². The Kier molecular flexibility index (Phi) is 5.70. The third kappa shape index (κ3) is 3.86. The first-order chi connectivity index (χ1) is 13.4. The first-order valence-corrected chi connectivity index (χ1v) is 9.60. The van der Waals surface area contributed by atoms with Gasteiger partial charge in [0.2, 0.25) is 0 Å². The molecule has 0 fully saturated rings. The molecule has 1 N–H and O–H groups in total. The predicted molar refractivity (Wildman–Crippen MR) is 108 cm³/mol. The number of aryl methyl sites for hydroxylation is 1. The molecule has 0 aliphatic heterocycles. The van der Waals surface area contributed by atoms with Crippen molar-refractivity contribution in [1.82, 2.24) is 9.66 Å². The van der Waals surface area contributed by atoms with Crippen LogP contribution in [0.25, 0.3) is 11.3 Å². The molecule has 0 aliphatic rings. The number of carbonyl (C=O) groups excluding carboxylic acids is 2. The van der Waals surface area contributed by atoms with Gasteiger partial charge in [-0.2, -0.15) is 0 Å². The average Bonchev–Trinajstić information content (AvgIpc) is 3.09. The topological polar surface area (TPSA) is 90.3 Å². The van der Waals surface area contributed by atoms with Crippen molar-refractivity contribution in [2.45, 2.75) is 27.2 Å². The van der Waals surface area contributed by atoms with E-state index < -0.39 is 11.5 Å². The van der Waals surface area contributed by atoms with Crippen LogP contribution in [0.5, 0.6) is 5.75 Å². The molecule has 2 heterocycles. The fourth-order valence-corrected chi connectivity index (χ4v) is 3.42. The minimum Gasteiger partial charge on any atom is -0.424 e. The number of esters is 1. The molecule has 0 radical (unpaired) electrons. The number of carbonyl (C=O) groups is 2. The predicted octanol–water partition coefficient (Wildman–Crippen LogP) is 3.54. The molecular formula is C20H19N3O4S. The summed E-state index contributed by atoms with van der Waals surface area (Å²) in [7, 11) is 0. The largest absolute Gasteiger partial charge is 0.424 e. The number of nitrogens with one attached hydrogen (secondary N) is 1. The second kappa shape index (κ2) is 8.18. The van der Waals surface area contributed by atoms with Crippen LogP contribution in [0.2, 0.25) is 0 Å². The molecule has 0 amide bonds. The Balaban J connectivity index is 2.23. The molecule has 0 bridgehead atoms. The Morgan fingerprint density at radius 3 is 2.50 bits per heavy atom. The van der Waals surface area contributed by atoms with E-state index in [1.807, 2.05) is 37.3 Å². The van der Waals surface area contributed by atoms with Crippen LogP contribution in [0.4, 0.5) is 5.69 Å². The van der Waals surface area contributed by atoms with E-state index in [9.17, 15) is 14.4 Å². The quantitative estimate of drug-likeness (QED) is 0.505. The van der Waals surface area contributed by atoms with E-state index in [1.165, 1.54) is 29.9 Å². The van der Waals surface area contributed by atoms with E-state index in [0.29, 0.717) is 23.5 Å². The zero-order valence-corrected chi connectivity index (χ0v) is 16.5. The van der Waals surface area contributed by atoms with Gasteiger partial charge in [0, 0.05) is 30.2 Å². The Labute approximate surface area is 165 Å². The molecule has 28 heavy (non-hydrogen) atoms. The summed E-state index contributed by atoms with van der Waals surface area (Å²) in [5, 5.41) is 3.34. The van der Waals surface area contributed by atoms with Crippen LogP contribution in [0, 0.1) is 0 Å². The highest BCUT2D eigenvalue weighted by Gasteiger charge is 2.22. The SMILES string of the molecule is CCc1nc(-c2ccccc2)c(C(C)=O)n(Nc2cscc2OC(C)=O)c1=O. The van der Waals surface area contributed by atoms with Gasteiger partial charge in [-0.3, -0.25) is 19.8 Å². The number of rotatable bonds is 6. The molecule has 7 nitrogen and oxygen atoms in total. The van der Waals surface area contributed by atoms with Crippen LogP contribution in [0.15, 0.2) is 45.9 Å². The molecular weight excluding hydrogens is 378 g/mol. The lowest BCUT2D eigenvalue weighted by molar-refractivity contribution is -0.131. The van der Waals surface area contributed by atoms with Crippen molar-refractivity contribution in [3.8, 4) is 17.0 Å². The van der Waals surface area contributed by atoms with E-state index in [0.717, 1.165) is 5.56 Å². The zero-order chi connectivity index (χ0) is 20.3. The number of anilines is 1. The highest BCUT2D eigenvalue weighted by Crippen LogP contribution is 2.30. The number of Topliss-reactive ketones (excluding diaryl/α,β-unsaturated/α-hetero) is 1. The molecule has 0 saturated carbocycles. The third-order valence-electron chi connectivity index (χ3n) is 3.97. The van der Waals surface area contributed by atoms with Gasteiger partial charge in [0.05, 0.1) is 0 Å². The first-order valence-electron chi connectivity index (χ1n) is 8.66. The van der Waals surface area contributed by atoms with Gasteiger partial charge in [-0.15, -0.1) is 11.3 Å². The molecule has 3 rings (SSSR count). The molecule has 0 spiro atoms. The van der Waals surface area contributed by atoms with E-state index in [1.54, 1.807) is 10.8 Å². The van der Waals surface area contributed by atoms with Crippen molar-refractivity contribution >= 4 is 28.8 Å². The lowest BCUT2D eigenvalue weighted by Gasteiger charge is -2.18. The second-order valence-electron chi connectivity index (χ2n) is 6.03. The van der Waals surface area contributed by atoms with Crippen molar-refractivity contribution in [3.05, 3.63) is 62.8 Å².